The van der Waals surface area contributed by atoms with Crippen LogP contribution >= 0.6 is 11.3 Å². The average molecular weight is 387 g/mol. The normalized spacial score (nSPS) is 11.4. The fraction of sp³-hybridized carbons (Fsp3) is 0.438. The first-order valence-electron chi connectivity index (χ1n) is 7.73. The summed E-state index contributed by atoms with van der Waals surface area (Å²) in [5.41, 5.74) is 0.341. The molecule has 1 heterocycles. The fourth-order valence-electron chi connectivity index (χ4n) is 1.79. The van der Waals surface area contributed by atoms with Crippen LogP contribution in [0.2, 0.25) is 0 Å². The van der Waals surface area contributed by atoms with Gasteiger partial charge in [0.25, 0.3) is 11.8 Å². The maximum absolute atomic E-state index is 13.1. The molecule has 1 N–H and O–H groups in total. The van der Waals surface area contributed by atoms with Crippen molar-refractivity contribution in [3.05, 3.63) is 34.8 Å². The van der Waals surface area contributed by atoms with Crippen molar-refractivity contribution in [3.8, 4) is 5.75 Å². The molecule has 1 aromatic heterocycles. The van der Waals surface area contributed by atoms with Gasteiger partial charge < -0.3 is 14.2 Å². The Balaban J connectivity index is 1.82. The Labute approximate surface area is 153 Å². The average Bonchev–Trinajstić information content (AvgIpc) is 3.07. The lowest BCUT2D eigenvalue weighted by Gasteiger charge is -2.08. The second kappa shape index (κ2) is 9.51. The van der Waals surface area contributed by atoms with Crippen LogP contribution in [0.5, 0.6) is 5.75 Å². The lowest BCUT2D eigenvalue weighted by molar-refractivity contribution is 0.0165. The van der Waals surface area contributed by atoms with E-state index in [9.17, 15) is 13.6 Å². The van der Waals surface area contributed by atoms with Crippen molar-refractivity contribution in [2.45, 2.75) is 12.8 Å². The van der Waals surface area contributed by atoms with Gasteiger partial charge >= 0.3 is 0 Å². The Morgan fingerprint density at radius 1 is 1.15 bits per heavy atom. The van der Waals surface area contributed by atoms with Crippen LogP contribution in [0.3, 0.4) is 0 Å². The molecule has 1 amide bonds. The van der Waals surface area contributed by atoms with Gasteiger partial charge in [0.2, 0.25) is 5.13 Å². The molecule has 0 aliphatic heterocycles. The zero-order valence-electron chi connectivity index (χ0n) is 14.3. The second-order valence-corrected chi connectivity index (χ2v) is 6.21. The minimum atomic E-state index is -3.09. The van der Waals surface area contributed by atoms with Crippen LogP contribution < -0.4 is 10.1 Å². The van der Waals surface area contributed by atoms with Crippen LogP contribution in [0.4, 0.5) is 13.9 Å². The van der Waals surface area contributed by atoms with Crippen LogP contribution in [-0.2, 0) is 15.4 Å². The summed E-state index contributed by atoms with van der Waals surface area (Å²) in [5.74, 6) is -2.98. The molecule has 0 atom stereocenters. The second-order valence-electron chi connectivity index (χ2n) is 5.23. The maximum atomic E-state index is 13.1. The van der Waals surface area contributed by atoms with E-state index in [0.717, 1.165) is 6.92 Å². The number of nitrogens with zero attached hydrogens (tertiary/aromatic N) is 2. The van der Waals surface area contributed by atoms with E-state index in [4.69, 9.17) is 14.2 Å². The SMILES string of the molecule is COCCOCCOc1ccc(C(=O)Nc2nnc(C(C)(F)F)s2)cc1. The maximum Gasteiger partial charge on any atom is 0.298 e. The summed E-state index contributed by atoms with van der Waals surface area (Å²) in [5, 5.41) is 8.92. The Morgan fingerprint density at radius 2 is 1.85 bits per heavy atom. The molecule has 0 unspecified atom stereocenters. The number of rotatable bonds is 10. The lowest BCUT2D eigenvalue weighted by Crippen LogP contribution is -2.12. The number of hydrogen-bond acceptors (Lipinski definition) is 7. The minimum Gasteiger partial charge on any atom is -0.491 e. The van der Waals surface area contributed by atoms with E-state index in [1.807, 2.05) is 0 Å². The number of halogens is 2. The van der Waals surface area contributed by atoms with Crippen molar-refractivity contribution in [1.29, 1.82) is 0 Å². The molecule has 7 nitrogen and oxygen atoms in total. The Hall–Kier alpha value is -2.17. The van der Waals surface area contributed by atoms with Crippen LogP contribution in [0.25, 0.3) is 0 Å². The van der Waals surface area contributed by atoms with Crippen LogP contribution in [0, 0.1) is 0 Å². The van der Waals surface area contributed by atoms with Crippen molar-refractivity contribution in [1.82, 2.24) is 10.2 Å². The summed E-state index contributed by atoms with van der Waals surface area (Å²) < 4.78 is 41.9. The van der Waals surface area contributed by atoms with Gasteiger partial charge in [-0.05, 0) is 24.3 Å². The number of amides is 1. The fourth-order valence-corrected chi connectivity index (χ4v) is 2.46. The zero-order valence-corrected chi connectivity index (χ0v) is 15.1. The third kappa shape index (κ3) is 6.28. The van der Waals surface area contributed by atoms with Gasteiger partial charge in [0.1, 0.15) is 12.4 Å². The third-order valence-corrected chi connectivity index (χ3v) is 4.08. The monoisotopic (exact) mass is 387 g/mol. The number of ether oxygens (including phenoxy) is 3. The first kappa shape index (κ1) is 20.1. The number of carbonyl (C=O) groups excluding carboxylic acids is 1. The summed E-state index contributed by atoms with van der Waals surface area (Å²) in [6.45, 7) is 2.54. The molecule has 2 rings (SSSR count). The van der Waals surface area contributed by atoms with Gasteiger partial charge in [0, 0.05) is 19.6 Å². The van der Waals surface area contributed by atoms with E-state index in [0.29, 0.717) is 49.1 Å². The number of nitrogens with one attached hydrogen (secondary N) is 1. The van der Waals surface area contributed by atoms with Crippen molar-refractivity contribution in [2.75, 3.05) is 38.9 Å². The smallest absolute Gasteiger partial charge is 0.298 e. The Kier molecular flexibility index (Phi) is 7.37. The van der Waals surface area contributed by atoms with Gasteiger partial charge in [0.15, 0.2) is 5.01 Å². The number of hydrogen-bond donors (Lipinski definition) is 1. The molecule has 142 valence electrons. The lowest BCUT2D eigenvalue weighted by atomic mass is 10.2. The van der Waals surface area contributed by atoms with Crippen molar-refractivity contribution < 1.29 is 27.8 Å². The summed E-state index contributed by atoms with van der Waals surface area (Å²) in [7, 11) is 1.60. The first-order chi connectivity index (χ1) is 12.4. The van der Waals surface area contributed by atoms with E-state index >= 15 is 0 Å². The van der Waals surface area contributed by atoms with E-state index in [1.54, 1.807) is 31.4 Å². The molecule has 0 aliphatic carbocycles. The number of aromatic nitrogens is 2. The molecule has 0 aliphatic rings. The molecule has 0 saturated heterocycles. The van der Waals surface area contributed by atoms with Gasteiger partial charge in [-0.15, -0.1) is 10.2 Å². The molecule has 0 fully saturated rings. The molecule has 26 heavy (non-hydrogen) atoms. The van der Waals surface area contributed by atoms with E-state index in [-0.39, 0.29) is 5.13 Å². The molecule has 0 bridgehead atoms. The summed E-state index contributed by atoms with van der Waals surface area (Å²) in [6.07, 6.45) is 0. The first-order valence-corrected chi connectivity index (χ1v) is 8.54. The summed E-state index contributed by atoms with van der Waals surface area (Å²) in [4.78, 5) is 12.1. The Morgan fingerprint density at radius 3 is 2.46 bits per heavy atom. The zero-order chi connectivity index (χ0) is 19.0. The molecule has 1 aromatic carbocycles. The van der Waals surface area contributed by atoms with E-state index in [1.165, 1.54) is 0 Å². The third-order valence-electron chi connectivity index (χ3n) is 3.07. The summed E-state index contributed by atoms with van der Waals surface area (Å²) >= 11 is 0.633. The molecule has 0 radical (unpaired) electrons. The van der Waals surface area contributed by atoms with Gasteiger partial charge in [-0.3, -0.25) is 10.1 Å². The quantitative estimate of drug-likeness (QED) is 0.631. The van der Waals surface area contributed by atoms with Crippen molar-refractivity contribution >= 4 is 22.4 Å². The minimum absolute atomic E-state index is 0.0139. The molecule has 0 saturated carbocycles. The molecule has 2 aromatic rings. The topological polar surface area (TPSA) is 82.6 Å². The molecular weight excluding hydrogens is 368 g/mol. The van der Waals surface area contributed by atoms with Gasteiger partial charge in [0.05, 0.1) is 19.8 Å². The number of anilines is 1. The van der Waals surface area contributed by atoms with Crippen LogP contribution in [0.1, 0.15) is 22.3 Å². The van der Waals surface area contributed by atoms with Gasteiger partial charge in [-0.2, -0.15) is 8.78 Å². The van der Waals surface area contributed by atoms with Crippen LogP contribution in [0.15, 0.2) is 24.3 Å². The standard InChI is InChI=1S/C16H19F2N3O4S/c1-16(17,18)14-20-21-15(26-14)19-13(22)11-3-5-12(6-4-11)25-10-9-24-8-7-23-2/h3-6H,7-10H2,1-2H3,(H,19,21,22). The number of benzene rings is 1. The van der Waals surface area contributed by atoms with Crippen molar-refractivity contribution in [3.63, 3.8) is 0 Å². The van der Waals surface area contributed by atoms with Gasteiger partial charge in [-0.25, -0.2) is 0 Å². The van der Waals surface area contributed by atoms with Gasteiger partial charge in [-0.1, -0.05) is 11.3 Å². The summed E-state index contributed by atoms with van der Waals surface area (Å²) in [6, 6.07) is 6.39. The molecular formula is C16H19F2N3O4S. The number of alkyl halides is 2. The predicted octanol–water partition coefficient (Wildman–Crippen LogP) is 2.94. The molecule has 10 heteroatoms. The highest BCUT2D eigenvalue weighted by atomic mass is 32.1. The predicted molar refractivity (Wildman–Crippen MR) is 92.1 cm³/mol. The highest BCUT2D eigenvalue weighted by Crippen LogP contribution is 2.31. The van der Waals surface area contributed by atoms with Crippen LogP contribution in [-0.4, -0.2) is 49.6 Å². The van der Waals surface area contributed by atoms with E-state index < -0.39 is 16.8 Å². The molecule has 0 spiro atoms. The van der Waals surface area contributed by atoms with Crippen molar-refractivity contribution in [2.24, 2.45) is 0 Å². The highest BCUT2D eigenvalue weighted by molar-refractivity contribution is 7.15. The Bertz CT molecular complexity index is 704. The van der Waals surface area contributed by atoms with E-state index in [2.05, 4.69) is 15.5 Å². The number of carbonyl (C=O) groups is 1. The largest absolute Gasteiger partial charge is 0.491 e. The highest BCUT2D eigenvalue weighted by Gasteiger charge is 2.29. The number of methoxy groups -OCH3 is 1.